The molecule has 3 rings (SSSR count). The summed E-state index contributed by atoms with van der Waals surface area (Å²) in [6, 6.07) is 18.2. The first-order valence-electron chi connectivity index (χ1n) is 9.40. The van der Waals surface area contributed by atoms with Crippen LogP contribution in [0.1, 0.15) is 29.9 Å². The van der Waals surface area contributed by atoms with Crippen molar-refractivity contribution in [2.45, 2.75) is 18.8 Å². The van der Waals surface area contributed by atoms with Crippen LogP contribution in [0.15, 0.2) is 54.6 Å². The number of ether oxygens (including phenoxy) is 1. The van der Waals surface area contributed by atoms with E-state index in [1.54, 1.807) is 4.90 Å². The van der Waals surface area contributed by atoms with Crippen LogP contribution in [0.5, 0.6) is 0 Å². The van der Waals surface area contributed by atoms with Gasteiger partial charge in [0.2, 0.25) is 5.91 Å². The number of piperidine rings is 1. The smallest absolute Gasteiger partial charge is 0.248 e. The lowest BCUT2D eigenvalue weighted by atomic mass is 9.77. The quantitative estimate of drug-likeness (QED) is 0.716. The van der Waals surface area contributed by atoms with Crippen molar-refractivity contribution in [1.82, 2.24) is 4.90 Å². The molecule has 1 aliphatic rings. The number of aliphatic carboxylic acids is 1. The second kappa shape index (κ2) is 9.71. The van der Waals surface area contributed by atoms with Gasteiger partial charge in [0.15, 0.2) is 0 Å². The van der Waals surface area contributed by atoms with Crippen LogP contribution in [0.3, 0.4) is 0 Å². The van der Waals surface area contributed by atoms with Gasteiger partial charge in [0.25, 0.3) is 0 Å². The Morgan fingerprint density at radius 2 is 1.75 bits per heavy atom. The molecular formula is C22H23ClNO4-. The monoisotopic (exact) mass is 400 g/mol. The van der Waals surface area contributed by atoms with Crippen LogP contribution in [-0.4, -0.2) is 43.1 Å². The predicted molar refractivity (Wildman–Crippen MR) is 105 cm³/mol. The normalized spacial score (nSPS) is 17.9. The maximum atomic E-state index is 12.4. The van der Waals surface area contributed by atoms with E-state index < -0.39 is 12.6 Å². The number of hydrogen-bond acceptors (Lipinski definition) is 4. The number of likely N-dealkylation sites (tertiary alicyclic amines) is 1. The molecule has 6 heteroatoms. The van der Waals surface area contributed by atoms with Gasteiger partial charge in [-0.2, -0.15) is 0 Å². The highest BCUT2D eigenvalue weighted by Gasteiger charge is 2.31. The van der Waals surface area contributed by atoms with E-state index in [1.165, 1.54) is 11.1 Å². The number of halogens is 1. The summed E-state index contributed by atoms with van der Waals surface area (Å²) in [5.74, 6) is -1.11. The van der Waals surface area contributed by atoms with Crippen LogP contribution in [0.4, 0.5) is 0 Å². The van der Waals surface area contributed by atoms with Crippen LogP contribution >= 0.6 is 11.6 Å². The van der Waals surface area contributed by atoms with Gasteiger partial charge in [0, 0.05) is 24.0 Å². The molecule has 0 saturated carbocycles. The van der Waals surface area contributed by atoms with E-state index in [-0.39, 0.29) is 24.3 Å². The van der Waals surface area contributed by atoms with E-state index in [1.807, 2.05) is 42.5 Å². The van der Waals surface area contributed by atoms with Gasteiger partial charge in [-0.1, -0.05) is 54.1 Å². The minimum atomic E-state index is -1.32. The van der Waals surface area contributed by atoms with Gasteiger partial charge in [-0.05, 0) is 42.0 Å². The molecule has 5 nitrogen and oxygen atoms in total. The molecule has 0 aromatic heterocycles. The third-order valence-corrected chi connectivity index (χ3v) is 5.37. The van der Waals surface area contributed by atoms with E-state index in [4.69, 9.17) is 16.3 Å². The number of carboxylic acids is 1. The van der Waals surface area contributed by atoms with Crippen LogP contribution in [0.25, 0.3) is 0 Å². The fourth-order valence-electron chi connectivity index (χ4n) is 3.89. The summed E-state index contributed by atoms with van der Waals surface area (Å²) in [6.45, 7) is 0.458. The number of carbonyl (C=O) groups excluding carboxylic acids is 2. The Balaban J connectivity index is 1.77. The summed E-state index contributed by atoms with van der Waals surface area (Å²) >= 11 is 6.07. The van der Waals surface area contributed by atoms with Crippen LogP contribution in [0, 0.1) is 5.92 Å². The van der Waals surface area contributed by atoms with Crippen molar-refractivity contribution in [3.8, 4) is 0 Å². The molecule has 0 aliphatic carbocycles. The molecule has 1 fully saturated rings. The van der Waals surface area contributed by atoms with Crippen LogP contribution in [0.2, 0.25) is 5.02 Å². The molecule has 1 aliphatic heterocycles. The minimum absolute atomic E-state index is 0.151. The molecule has 0 radical (unpaired) electrons. The van der Waals surface area contributed by atoms with Crippen molar-refractivity contribution >= 4 is 23.5 Å². The van der Waals surface area contributed by atoms with E-state index in [0.717, 1.165) is 12.8 Å². The Kier molecular flexibility index (Phi) is 7.06. The summed E-state index contributed by atoms with van der Waals surface area (Å²) in [5.41, 5.74) is 2.38. The molecule has 1 saturated heterocycles. The van der Waals surface area contributed by atoms with Crippen LogP contribution < -0.4 is 5.11 Å². The first-order valence-corrected chi connectivity index (χ1v) is 9.78. The highest BCUT2D eigenvalue weighted by atomic mass is 35.5. The van der Waals surface area contributed by atoms with Gasteiger partial charge in [0.1, 0.15) is 6.61 Å². The SMILES string of the molecule is O=C([O-])COCC(=O)N1CCCC(C(c2ccccc2)c2ccc(Cl)cc2)C1. The first-order chi connectivity index (χ1) is 13.5. The zero-order valence-corrected chi connectivity index (χ0v) is 16.3. The molecule has 0 N–H and O–H groups in total. The lowest BCUT2D eigenvalue weighted by molar-refractivity contribution is -0.309. The Labute approximate surface area is 169 Å². The van der Waals surface area contributed by atoms with Crippen molar-refractivity contribution in [2.75, 3.05) is 26.3 Å². The van der Waals surface area contributed by atoms with Crippen molar-refractivity contribution < 1.29 is 19.4 Å². The largest absolute Gasteiger partial charge is 0.548 e. The maximum absolute atomic E-state index is 12.4. The third kappa shape index (κ3) is 5.33. The molecule has 148 valence electrons. The highest BCUT2D eigenvalue weighted by Crippen LogP contribution is 2.37. The molecule has 1 amide bonds. The molecule has 0 spiro atoms. The molecule has 2 aromatic carbocycles. The van der Waals surface area contributed by atoms with Crippen molar-refractivity contribution in [1.29, 1.82) is 0 Å². The molecule has 2 aromatic rings. The third-order valence-electron chi connectivity index (χ3n) is 5.12. The van der Waals surface area contributed by atoms with Crippen LogP contribution in [-0.2, 0) is 14.3 Å². The molecule has 28 heavy (non-hydrogen) atoms. The fraction of sp³-hybridized carbons (Fsp3) is 0.364. The fourth-order valence-corrected chi connectivity index (χ4v) is 4.01. The Morgan fingerprint density at radius 3 is 2.43 bits per heavy atom. The summed E-state index contributed by atoms with van der Waals surface area (Å²) < 4.78 is 4.92. The lowest BCUT2D eigenvalue weighted by Gasteiger charge is -2.37. The average Bonchev–Trinajstić information content (AvgIpc) is 2.70. The van der Waals surface area contributed by atoms with Gasteiger partial charge in [-0.15, -0.1) is 0 Å². The highest BCUT2D eigenvalue weighted by molar-refractivity contribution is 6.30. The molecular weight excluding hydrogens is 378 g/mol. The summed E-state index contributed by atoms with van der Waals surface area (Å²) in [6.07, 6.45) is 1.90. The zero-order chi connectivity index (χ0) is 19.9. The van der Waals surface area contributed by atoms with Gasteiger partial charge in [-0.3, -0.25) is 4.79 Å². The number of rotatable bonds is 7. The van der Waals surface area contributed by atoms with Gasteiger partial charge in [0.05, 0.1) is 12.6 Å². The van der Waals surface area contributed by atoms with E-state index in [9.17, 15) is 14.7 Å². The topological polar surface area (TPSA) is 69.7 Å². The summed E-state index contributed by atoms with van der Waals surface area (Å²) in [7, 11) is 0. The first kappa shape index (κ1) is 20.4. The Hall–Kier alpha value is -2.37. The predicted octanol–water partition coefficient (Wildman–Crippen LogP) is 2.48. The van der Waals surface area contributed by atoms with E-state index in [2.05, 4.69) is 12.1 Å². The number of benzene rings is 2. The standard InChI is InChI=1S/C22H24ClNO4/c23-19-10-8-17(9-11-19)22(16-5-2-1-3-6-16)18-7-4-12-24(13-18)20(25)14-28-15-21(26)27/h1-3,5-6,8-11,18,22H,4,7,12-15H2,(H,26,27)/p-1. The number of nitrogens with zero attached hydrogens (tertiary/aromatic N) is 1. The number of hydrogen-bond donors (Lipinski definition) is 0. The van der Waals surface area contributed by atoms with Crippen molar-refractivity contribution in [3.63, 3.8) is 0 Å². The minimum Gasteiger partial charge on any atom is -0.548 e. The summed E-state index contributed by atoms with van der Waals surface area (Å²) in [5, 5.41) is 11.2. The average molecular weight is 401 g/mol. The molecule has 0 bridgehead atoms. The van der Waals surface area contributed by atoms with Gasteiger partial charge >= 0.3 is 0 Å². The number of amides is 1. The number of carbonyl (C=O) groups is 2. The van der Waals surface area contributed by atoms with Crippen molar-refractivity contribution in [3.05, 3.63) is 70.7 Å². The molecule has 1 heterocycles. The van der Waals surface area contributed by atoms with Gasteiger partial charge in [-0.25, -0.2) is 0 Å². The molecule has 2 atom stereocenters. The Morgan fingerprint density at radius 1 is 1.07 bits per heavy atom. The van der Waals surface area contributed by atoms with Gasteiger partial charge < -0.3 is 19.5 Å². The van der Waals surface area contributed by atoms with Crippen molar-refractivity contribution in [2.24, 2.45) is 5.92 Å². The van der Waals surface area contributed by atoms with E-state index >= 15 is 0 Å². The maximum Gasteiger partial charge on any atom is 0.248 e. The zero-order valence-electron chi connectivity index (χ0n) is 15.6. The number of carboxylic acid groups (broad SMARTS) is 1. The second-order valence-corrected chi connectivity index (χ2v) is 7.48. The van der Waals surface area contributed by atoms with E-state index in [0.29, 0.717) is 18.1 Å². The summed E-state index contributed by atoms with van der Waals surface area (Å²) in [4.78, 5) is 24.7. The lowest BCUT2D eigenvalue weighted by Crippen LogP contribution is -2.43. The molecule has 2 unspecified atom stereocenters. The Bertz CT molecular complexity index is 794. The second-order valence-electron chi connectivity index (χ2n) is 7.05.